The summed E-state index contributed by atoms with van der Waals surface area (Å²) < 4.78 is 18.2. The number of hydrogen-bond acceptors (Lipinski definition) is 5. The van der Waals surface area contributed by atoms with E-state index >= 15 is 0 Å². The molecule has 1 atom stereocenters. The molecule has 0 saturated heterocycles. The molecule has 0 aliphatic carbocycles. The lowest BCUT2D eigenvalue weighted by molar-refractivity contribution is -0.129. The van der Waals surface area contributed by atoms with Gasteiger partial charge in [0.2, 0.25) is 5.90 Å². The maximum Gasteiger partial charge on any atom is 0.363 e. The lowest BCUT2D eigenvalue weighted by Gasteiger charge is -2.18. The second kappa shape index (κ2) is 9.83. The van der Waals surface area contributed by atoms with Crippen LogP contribution in [0, 0.1) is 10.5 Å². The molecular formula is C23H23ClINO4. The van der Waals surface area contributed by atoms with Gasteiger partial charge in [0, 0.05) is 9.13 Å². The molecule has 0 saturated carbocycles. The molecule has 0 N–H and O–H groups in total. The summed E-state index contributed by atoms with van der Waals surface area (Å²) in [5.41, 5.74) is 2.73. The number of halogens is 2. The van der Waals surface area contributed by atoms with E-state index in [2.05, 4.69) is 27.6 Å². The van der Waals surface area contributed by atoms with E-state index < -0.39 is 5.97 Å². The number of benzene rings is 2. The van der Waals surface area contributed by atoms with Gasteiger partial charge in [-0.25, -0.2) is 9.79 Å². The van der Waals surface area contributed by atoms with Gasteiger partial charge in [-0.2, -0.15) is 0 Å². The Hall–Kier alpha value is -2.06. The number of nitrogens with zero attached hydrogens (tertiary/aromatic N) is 1. The number of cyclic esters (lactones) is 1. The number of esters is 1. The van der Waals surface area contributed by atoms with E-state index in [1.54, 1.807) is 18.2 Å². The van der Waals surface area contributed by atoms with Gasteiger partial charge in [0.1, 0.15) is 0 Å². The van der Waals surface area contributed by atoms with Gasteiger partial charge in [-0.15, -0.1) is 0 Å². The first-order valence-electron chi connectivity index (χ1n) is 9.74. The van der Waals surface area contributed by atoms with Crippen LogP contribution < -0.4 is 9.47 Å². The van der Waals surface area contributed by atoms with E-state index in [9.17, 15) is 4.79 Å². The smallest absolute Gasteiger partial charge is 0.363 e. The van der Waals surface area contributed by atoms with Gasteiger partial charge in [0.25, 0.3) is 0 Å². The van der Waals surface area contributed by atoms with Crippen molar-refractivity contribution in [3.8, 4) is 11.5 Å². The highest BCUT2D eigenvalue weighted by Gasteiger charge is 2.25. The monoisotopic (exact) mass is 539 g/mol. The molecule has 1 unspecified atom stereocenters. The molecule has 1 aliphatic heterocycles. The molecule has 1 aliphatic rings. The maximum absolute atomic E-state index is 12.4. The highest BCUT2D eigenvalue weighted by Crippen LogP contribution is 2.38. The van der Waals surface area contributed by atoms with Gasteiger partial charge in [-0.1, -0.05) is 18.5 Å². The van der Waals surface area contributed by atoms with Crippen molar-refractivity contribution in [2.75, 3.05) is 6.61 Å². The molecule has 2 aromatic carbocycles. The van der Waals surface area contributed by atoms with Crippen LogP contribution in [-0.4, -0.2) is 24.6 Å². The van der Waals surface area contributed by atoms with Crippen molar-refractivity contribution in [2.24, 2.45) is 4.99 Å². The zero-order valence-corrected chi connectivity index (χ0v) is 20.2. The minimum atomic E-state index is -0.504. The van der Waals surface area contributed by atoms with Crippen LogP contribution in [0.25, 0.3) is 6.08 Å². The summed E-state index contributed by atoms with van der Waals surface area (Å²) in [6.07, 6.45) is 2.48. The fraction of sp³-hybridized carbons (Fsp3) is 0.304. The standard InChI is InChI=1S/C23H23ClINO4/c1-5-14(4)29-21-17(24)10-15(12-20(21)28-6-2)11-19-23(27)30-22(26-19)16-7-8-18(25)13(3)9-16/h7-12,14H,5-6H2,1-4H3/b19-11-. The number of hydrogen-bond donors (Lipinski definition) is 0. The summed E-state index contributed by atoms with van der Waals surface area (Å²) in [6, 6.07) is 9.31. The Bertz CT molecular complexity index is 1030. The molecule has 0 radical (unpaired) electrons. The summed E-state index contributed by atoms with van der Waals surface area (Å²) in [4.78, 5) is 16.7. The largest absolute Gasteiger partial charge is 0.490 e. The van der Waals surface area contributed by atoms with Crippen LogP contribution in [0.5, 0.6) is 11.5 Å². The Labute approximate surface area is 195 Å². The van der Waals surface area contributed by atoms with E-state index in [1.165, 1.54) is 0 Å². The van der Waals surface area contributed by atoms with Crippen molar-refractivity contribution in [3.05, 3.63) is 61.3 Å². The minimum absolute atomic E-state index is 0.000249. The summed E-state index contributed by atoms with van der Waals surface area (Å²) in [5, 5.41) is 0.414. The molecule has 2 aromatic rings. The Morgan fingerprint density at radius 3 is 2.70 bits per heavy atom. The lowest BCUT2D eigenvalue weighted by Crippen LogP contribution is -2.11. The maximum atomic E-state index is 12.4. The van der Waals surface area contributed by atoms with Crippen molar-refractivity contribution in [1.82, 2.24) is 0 Å². The Balaban J connectivity index is 1.96. The molecular weight excluding hydrogens is 517 g/mol. The van der Waals surface area contributed by atoms with Crippen molar-refractivity contribution in [3.63, 3.8) is 0 Å². The summed E-state index contributed by atoms with van der Waals surface area (Å²) in [7, 11) is 0. The number of aryl methyl sites for hydroxylation is 1. The second-order valence-corrected chi connectivity index (χ2v) is 8.47. The Morgan fingerprint density at radius 2 is 2.03 bits per heavy atom. The van der Waals surface area contributed by atoms with Crippen LogP contribution in [0.3, 0.4) is 0 Å². The fourth-order valence-electron chi connectivity index (χ4n) is 2.80. The third-order valence-electron chi connectivity index (χ3n) is 4.55. The van der Waals surface area contributed by atoms with Gasteiger partial charge in [0.05, 0.1) is 17.7 Å². The molecule has 0 bridgehead atoms. The lowest BCUT2D eigenvalue weighted by atomic mass is 10.1. The van der Waals surface area contributed by atoms with Gasteiger partial charge >= 0.3 is 5.97 Å². The first-order valence-corrected chi connectivity index (χ1v) is 11.2. The van der Waals surface area contributed by atoms with Crippen molar-refractivity contribution in [2.45, 2.75) is 40.2 Å². The predicted octanol–water partition coefficient (Wildman–Crippen LogP) is 6.17. The summed E-state index contributed by atoms with van der Waals surface area (Å²) in [5.74, 6) is 0.817. The fourth-order valence-corrected chi connectivity index (χ4v) is 3.40. The van der Waals surface area contributed by atoms with Gasteiger partial charge < -0.3 is 14.2 Å². The Morgan fingerprint density at radius 1 is 1.27 bits per heavy atom. The highest BCUT2D eigenvalue weighted by atomic mass is 127. The molecule has 3 rings (SSSR count). The molecule has 0 spiro atoms. The van der Waals surface area contributed by atoms with Crippen molar-refractivity contribution >= 4 is 52.1 Å². The molecule has 0 fully saturated rings. The molecule has 158 valence electrons. The van der Waals surface area contributed by atoms with Crippen molar-refractivity contribution in [1.29, 1.82) is 0 Å². The normalized spacial score (nSPS) is 15.7. The molecule has 5 nitrogen and oxygen atoms in total. The average molecular weight is 540 g/mol. The SMILES string of the molecule is CCOc1cc(/C=C2\N=C(c3ccc(I)c(C)c3)OC2=O)cc(Cl)c1OC(C)CC. The number of rotatable bonds is 7. The first-order chi connectivity index (χ1) is 14.3. The van der Waals surface area contributed by atoms with Crippen LogP contribution in [0.2, 0.25) is 5.02 Å². The zero-order valence-electron chi connectivity index (χ0n) is 17.3. The predicted molar refractivity (Wildman–Crippen MR) is 128 cm³/mol. The first kappa shape index (κ1) is 22.6. The average Bonchev–Trinajstić information content (AvgIpc) is 3.07. The number of carbonyl (C=O) groups excluding carboxylic acids is 1. The van der Waals surface area contributed by atoms with Crippen LogP contribution in [0.4, 0.5) is 0 Å². The summed E-state index contributed by atoms with van der Waals surface area (Å²) >= 11 is 8.72. The quantitative estimate of drug-likeness (QED) is 0.240. The molecule has 0 amide bonds. The zero-order chi connectivity index (χ0) is 21.8. The van der Waals surface area contributed by atoms with Crippen LogP contribution >= 0.6 is 34.2 Å². The van der Waals surface area contributed by atoms with Gasteiger partial charge in [-0.05, 0) is 97.3 Å². The summed E-state index contributed by atoms with van der Waals surface area (Å²) in [6.45, 7) is 8.36. The number of aliphatic imine (C=N–C) groups is 1. The van der Waals surface area contributed by atoms with Crippen LogP contribution in [0.1, 0.15) is 43.9 Å². The van der Waals surface area contributed by atoms with E-state index in [1.807, 2.05) is 45.9 Å². The highest BCUT2D eigenvalue weighted by molar-refractivity contribution is 14.1. The van der Waals surface area contributed by atoms with E-state index in [4.69, 9.17) is 25.8 Å². The Kier molecular flexibility index (Phi) is 7.41. The number of carbonyl (C=O) groups is 1. The van der Waals surface area contributed by atoms with E-state index in [-0.39, 0.29) is 11.8 Å². The van der Waals surface area contributed by atoms with Gasteiger partial charge in [-0.3, -0.25) is 0 Å². The van der Waals surface area contributed by atoms with E-state index in [0.29, 0.717) is 34.6 Å². The molecule has 1 heterocycles. The van der Waals surface area contributed by atoms with Gasteiger partial charge in [0.15, 0.2) is 17.2 Å². The van der Waals surface area contributed by atoms with E-state index in [0.717, 1.165) is 21.1 Å². The molecule has 7 heteroatoms. The van der Waals surface area contributed by atoms with Crippen LogP contribution in [-0.2, 0) is 9.53 Å². The topological polar surface area (TPSA) is 57.1 Å². The minimum Gasteiger partial charge on any atom is -0.490 e. The van der Waals surface area contributed by atoms with Crippen LogP contribution in [0.15, 0.2) is 41.0 Å². The third kappa shape index (κ3) is 5.16. The number of ether oxygens (including phenoxy) is 3. The molecule has 0 aromatic heterocycles. The third-order valence-corrected chi connectivity index (χ3v) is 6.05. The van der Waals surface area contributed by atoms with Crippen molar-refractivity contribution < 1.29 is 19.0 Å². The molecule has 30 heavy (non-hydrogen) atoms. The second-order valence-electron chi connectivity index (χ2n) is 6.90.